The fraction of sp³-hybridized carbons (Fsp3) is 0.500. The predicted molar refractivity (Wildman–Crippen MR) is 74.3 cm³/mol. The van der Waals surface area contributed by atoms with Gasteiger partial charge in [-0.3, -0.25) is 10.1 Å². The number of hydrogen-bond acceptors (Lipinski definition) is 3. The molecule has 1 amide bonds. The summed E-state index contributed by atoms with van der Waals surface area (Å²) in [5, 5.41) is 3.23. The standard InChI is InChI=1S/C14H16F2N2OS/c1-20-7-6-18-12(17-14(4-5-14)13(18)19)10-3-2-9(15)8-11(10)16/h2-3,8,12,17H,4-7H2,1H3. The summed E-state index contributed by atoms with van der Waals surface area (Å²) in [5.41, 5.74) is -0.159. The first kappa shape index (κ1) is 13.8. The van der Waals surface area contributed by atoms with Crippen molar-refractivity contribution < 1.29 is 13.6 Å². The lowest BCUT2D eigenvalue weighted by molar-refractivity contribution is -0.130. The number of nitrogens with one attached hydrogen (secondary N) is 1. The molecule has 0 radical (unpaired) electrons. The van der Waals surface area contributed by atoms with Gasteiger partial charge in [0.15, 0.2) is 0 Å². The molecule has 0 bridgehead atoms. The molecule has 1 atom stereocenters. The van der Waals surface area contributed by atoms with E-state index in [2.05, 4.69) is 5.32 Å². The molecule has 1 N–H and O–H groups in total. The van der Waals surface area contributed by atoms with Crippen molar-refractivity contribution in [1.29, 1.82) is 0 Å². The second-order valence-electron chi connectivity index (χ2n) is 5.29. The maximum absolute atomic E-state index is 14.0. The van der Waals surface area contributed by atoms with Crippen LogP contribution in [-0.4, -0.2) is 34.9 Å². The molecule has 3 nitrogen and oxygen atoms in total. The number of benzene rings is 1. The van der Waals surface area contributed by atoms with Crippen LogP contribution in [0.3, 0.4) is 0 Å². The Morgan fingerprint density at radius 2 is 2.20 bits per heavy atom. The highest BCUT2D eigenvalue weighted by molar-refractivity contribution is 7.98. The van der Waals surface area contributed by atoms with Crippen molar-refractivity contribution in [2.75, 3.05) is 18.6 Å². The molecule has 1 saturated carbocycles. The Hall–Kier alpha value is -1.14. The van der Waals surface area contributed by atoms with Gasteiger partial charge in [-0.15, -0.1) is 0 Å². The Kier molecular flexibility index (Phi) is 3.46. The van der Waals surface area contributed by atoms with Gasteiger partial charge < -0.3 is 4.90 Å². The van der Waals surface area contributed by atoms with E-state index in [1.54, 1.807) is 16.7 Å². The number of carbonyl (C=O) groups excluding carboxylic acids is 1. The zero-order chi connectivity index (χ0) is 14.3. The van der Waals surface area contributed by atoms with Gasteiger partial charge in [-0.05, 0) is 31.2 Å². The van der Waals surface area contributed by atoms with E-state index >= 15 is 0 Å². The van der Waals surface area contributed by atoms with Crippen molar-refractivity contribution in [3.8, 4) is 0 Å². The monoisotopic (exact) mass is 298 g/mol. The van der Waals surface area contributed by atoms with E-state index in [0.29, 0.717) is 12.1 Å². The normalized spacial score (nSPS) is 23.6. The van der Waals surface area contributed by atoms with Crippen molar-refractivity contribution in [2.24, 2.45) is 0 Å². The third-order valence-corrected chi connectivity index (χ3v) is 4.53. The number of thioether (sulfide) groups is 1. The highest BCUT2D eigenvalue weighted by Gasteiger charge is 2.59. The fourth-order valence-corrected chi connectivity index (χ4v) is 3.05. The molecule has 1 saturated heterocycles. The molecule has 2 fully saturated rings. The minimum atomic E-state index is -0.609. The van der Waals surface area contributed by atoms with Crippen LogP contribution >= 0.6 is 11.8 Å². The number of amides is 1. The number of carbonyl (C=O) groups is 1. The minimum Gasteiger partial charge on any atom is -0.320 e. The van der Waals surface area contributed by atoms with E-state index < -0.39 is 23.3 Å². The Bertz CT molecular complexity index is 548. The summed E-state index contributed by atoms with van der Waals surface area (Å²) in [7, 11) is 0. The summed E-state index contributed by atoms with van der Waals surface area (Å²) in [6.45, 7) is 0.566. The van der Waals surface area contributed by atoms with Crippen LogP contribution in [0, 0.1) is 11.6 Å². The van der Waals surface area contributed by atoms with Crippen molar-refractivity contribution in [3.05, 3.63) is 35.4 Å². The van der Waals surface area contributed by atoms with E-state index in [1.807, 2.05) is 6.26 Å². The van der Waals surface area contributed by atoms with Crippen molar-refractivity contribution in [2.45, 2.75) is 24.5 Å². The van der Waals surface area contributed by atoms with Crippen LogP contribution in [0.1, 0.15) is 24.6 Å². The molecule has 1 aliphatic carbocycles. The molecular formula is C14H16F2N2OS. The van der Waals surface area contributed by atoms with Gasteiger partial charge in [-0.1, -0.05) is 0 Å². The molecule has 6 heteroatoms. The number of rotatable bonds is 4. The SMILES string of the molecule is CSCCN1C(=O)C2(CC2)NC1c1ccc(F)cc1F. The summed E-state index contributed by atoms with van der Waals surface area (Å²) in [6, 6.07) is 3.52. The number of hydrogen-bond donors (Lipinski definition) is 1. The van der Waals surface area contributed by atoms with Crippen LogP contribution in [-0.2, 0) is 4.79 Å². The third-order valence-electron chi connectivity index (χ3n) is 3.94. The summed E-state index contributed by atoms with van der Waals surface area (Å²) < 4.78 is 27.0. The lowest BCUT2D eigenvalue weighted by Gasteiger charge is -2.24. The van der Waals surface area contributed by atoms with Gasteiger partial charge in [0.25, 0.3) is 0 Å². The zero-order valence-corrected chi connectivity index (χ0v) is 12.0. The molecule has 1 aliphatic heterocycles. The third kappa shape index (κ3) is 2.20. The van der Waals surface area contributed by atoms with E-state index in [-0.39, 0.29) is 5.91 Å². The van der Waals surface area contributed by atoms with Gasteiger partial charge in [0, 0.05) is 23.9 Å². The highest BCUT2D eigenvalue weighted by atomic mass is 32.2. The fourth-order valence-electron chi connectivity index (χ4n) is 2.67. The Morgan fingerprint density at radius 1 is 1.45 bits per heavy atom. The number of nitrogens with zero attached hydrogens (tertiary/aromatic N) is 1. The summed E-state index contributed by atoms with van der Waals surface area (Å²) in [4.78, 5) is 14.1. The molecule has 108 valence electrons. The number of halogens is 2. The lowest BCUT2D eigenvalue weighted by atomic mass is 10.1. The second-order valence-corrected chi connectivity index (χ2v) is 6.27. The molecule has 1 aromatic rings. The molecule has 0 aromatic heterocycles. The van der Waals surface area contributed by atoms with E-state index in [0.717, 1.165) is 24.7 Å². The molecule has 20 heavy (non-hydrogen) atoms. The van der Waals surface area contributed by atoms with E-state index in [9.17, 15) is 13.6 Å². The summed E-state index contributed by atoms with van der Waals surface area (Å²) in [6.07, 6.45) is 3.06. The van der Waals surface area contributed by atoms with Crippen LogP contribution in [0.4, 0.5) is 8.78 Å². The average molecular weight is 298 g/mol. The Morgan fingerprint density at radius 3 is 2.80 bits per heavy atom. The maximum atomic E-state index is 14.0. The van der Waals surface area contributed by atoms with Crippen molar-refractivity contribution in [3.63, 3.8) is 0 Å². The van der Waals surface area contributed by atoms with E-state index in [4.69, 9.17) is 0 Å². The first-order valence-corrected chi connectivity index (χ1v) is 7.99. The molecule has 1 unspecified atom stereocenters. The average Bonchev–Trinajstić information content (AvgIpc) is 3.13. The van der Waals surface area contributed by atoms with Gasteiger partial charge in [0.05, 0.1) is 0 Å². The highest BCUT2D eigenvalue weighted by Crippen LogP contribution is 2.46. The summed E-state index contributed by atoms with van der Waals surface area (Å²) in [5.74, 6) is -0.377. The van der Waals surface area contributed by atoms with E-state index in [1.165, 1.54) is 12.1 Å². The molecule has 1 spiro atoms. The Balaban J connectivity index is 1.91. The smallest absolute Gasteiger partial charge is 0.244 e. The molecule has 2 aliphatic rings. The maximum Gasteiger partial charge on any atom is 0.244 e. The van der Waals surface area contributed by atoms with Crippen LogP contribution in [0.5, 0.6) is 0 Å². The molecule has 1 heterocycles. The van der Waals surface area contributed by atoms with Gasteiger partial charge in [0.1, 0.15) is 23.3 Å². The second kappa shape index (κ2) is 5.00. The minimum absolute atomic E-state index is 0.0419. The van der Waals surface area contributed by atoms with Crippen LogP contribution < -0.4 is 5.32 Å². The topological polar surface area (TPSA) is 32.3 Å². The Labute approximate surface area is 120 Å². The molecule has 1 aromatic carbocycles. The zero-order valence-electron chi connectivity index (χ0n) is 11.2. The van der Waals surface area contributed by atoms with Gasteiger partial charge in [-0.2, -0.15) is 11.8 Å². The largest absolute Gasteiger partial charge is 0.320 e. The van der Waals surface area contributed by atoms with Gasteiger partial charge >= 0.3 is 0 Å². The predicted octanol–water partition coefficient (Wildman–Crippen LogP) is 2.29. The van der Waals surface area contributed by atoms with Gasteiger partial charge in [-0.25, -0.2) is 8.78 Å². The van der Waals surface area contributed by atoms with Crippen LogP contribution in [0.2, 0.25) is 0 Å². The first-order chi connectivity index (χ1) is 9.57. The van der Waals surface area contributed by atoms with Crippen molar-refractivity contribution in [1.82, 2.24) is 10.2 Å². The van der Waals surface area contributed by atoms with Crippen molar-refractivity contribution >= 4 is 17.7 Å². The quantitative estimate of drug-likeness (QED) is 0.925. The summed E-state index contributed by atoms with van der Waals surface area (Å²) >= 11 is 1.64. The van der Waals surface area contributed by atoms with Crippen LogP contribution in [0.25, 0.3) is 0 Å². The van der Waals surface area contributed by atoms with Gasteiger partial charge in [0.2, 0.25) is 5.91 Å². The lowest BCUT2D eigenvalue weighted by Crippen LogP contribution is -2.34. The molecule has 3 rings (SSSR count). The first-order valence-electron chi connectivity index (χ1n) is 6.60. The van der Waals surface area contributed by atoms with Crippen LogP contribution in [0.15, 0.2) is 18.2 Å². The molecular weight excluding hydrogens is 282 g/mol.